The van der Waals surface area contributed by atoms with Crippen molar-refractivity contribution >= 4 is 28.4 Å². The quantitative estimate of drug-likeness (QED) is 0.491. The zero-order chi connectivity index (χ0) is 18.6. The molecule has 2 aromatic rings. The van der Waals surface area contributed by atoms with Gasteiger partial charge in [0.15, 0.2) is 0 Å². The highest BCUT2D eigenvalue weighted by Crippen LogP contribution is 2.23. The Hall–Kier alpha value is -2.25. The smallest absolute Gasteiger partial charge is 0.333 e. The molecule has 0 saturated heterocycles. The summed E-state index contributed by atoms with van der Waals surface area (Å²) in [7, 11) is 2.76. The van der Waals surface area contributed by atoms with Gasteiger partial charge in [-0.15, -0.1) is 18.3 Å². The van der Waals surface area contributed by atoms with E-state index >= 15 is 0 Å². The van der Waals surface area contributed by atoms with Crippen LogP contribution in [0.3, 0.4) is 0 Å². The number of aliphatic imine (C=N–C) groups is 1. The Kier molecular flexibility index (Phi) is 6.27. The molecular weight excluding hydrogens is 362 g/mol. The van der Waals surface area contributed by atoms with E-state index in [-0.39, 0.29) is 12.1 Å². The van der Waals surface area contributed by atoms with E-state index in [4.69, 9.17) is 11.6 Å². The highest BCUT2D eigenvalue weighted by Gasteiger charge is 2.20. The minimum atomic E-state index is -0.600. The van der Waals surface area contributed by atoms with Crippen molar-refractivity contribution in [1.29, 1.82) is 0 Å². The van der Waals surface area contributed by atoms with Crippen molar-refractivity contribution < 1.29 is 5.11 Å². The maximum Gasteiger partial charge on any atom is 0.333 e. The fraction of sp³-hybridized carbons (Fsp3) is 0.235. The average molecular weight is 380 g/mol. The Balaban J connectivity index is 2.45. The lowest BCUT2D eigenvalue weighted by molar-refractivity contribution is 0.410. The Morgan fingerprint density at radius 1 is 1.28 bits per heavy atom. The van der Waals surface area contributed by atoms with E-state index in [1.807, 2.05) is 12.1 Å². The summed E-state index contributed by atoms with van der Waals surface area (Å²) < 4.78 is 1.96. The fourth-order valence-corrected chi connectivity index (χ4v) is 3.21. The number of benzene rings is 1. The van der Waals surface area contributed by atoms with Crippen LogP contribution in [0.2, 0.25) is 5.02 Å². The molecule has 2 rings (SSSR count). The topological polar surface area (TPSA) is 76.6 Å². The van der Waals surface area contributed by atoms with Gasteiger partial charge in [-0.25, -0.2) is 4.79 Å². The van der Waals surface area contributed by atoms with E-state index in [1.165, 1.54) is 25.9 Å². The minimum absolute atomic E-state index is 0.00501. The van der Waals surface area contributed by atoms with Gasteiger partial charge in [-0.05, 0) is 17.7 Å². The van der Waals surface area contributed by atoms with Gasteiger partial charge < -0.3 is 5.11 Å². The van der Waals surface area contributed by atoms with Crippen LogP contribution in [0.25, 0.3) is 0 Å². The largest absolute Gasteiger partial charge is 0.494 e. The van der Waals surface area contributed by atoms with E-state index in [9.17, 15) is 14.7 Å². The van der Waals surface area contributed by atoms with Crippen LogP contribution in [0.1, 0.15) is 11.1 Å². The second-order valence-electron chi connectivity index (χ2n) is 5.25. The molecule has 0 amide bonds. The molecule has 0 aliphatic rings. The molecule has 0 aliphatic heterocycles. The van der Waals surface area contributed by atoms with E-state index in [0.29, 0.717) is 15.8 Å². The van der Waals surface area contributed by atoms with Crippen LogP contribution in [0.15, 0.2) is 51.5 Å². The molecule has 1 N–H and O–H groups in total. The summed E-state index contributed by atoms with van der Waals surface area (Å²) in [5.41, 5.74) is -0.198. The van der Waals surface area contributed by atoms with Crippen molar-refractivity contribution in [1.82, 2.24) is 9.13 Å². The number of rotatable bonds is 5. The third-order valence-electron chi connectivity index (χ3n) is 3.50. The van der Waals surface area contributed by atoms with Crippen LogP contribution in [0.5, 0.6) is 5.88 Å². The zero-order valence-electron chi connectivity index (χ0n) is 13.9. The van der Waals surface area contributed by atoms with Crippen molar-refractivity contribution in [2.24, 2.45) is 19.1 Å². The number of hydrogen-bond donors (Lipinski definition) is 1. The van der Waals surface area contributed by atoms with Crippen LogP contribution in [0, 0.1) is 0 Å². The molecule has 0 radical (unpaired) electrons. The summed E-state index contributed by atoms with van der Waals surface area (Å²) in [6, 6.07) is 7.31. The van der Waals surface area contributed by atoms with Gasteiger partial charge in [0.2, 0.25) is 5.88 Å². The van der Waals surface area contributed by atoms with Crippen molar-refractivity contribution in [3.8, 4) is 5.88 Å². The first-order chi connectivity index (χ1) is 11.9. The molecule has 6 nitrogen and oxygen atoms in total. The van der Waals surface area contributed by atoms with E-state index < -0.39 is 17.1 Å². The maximum absolute atomic E-state index is 12.5. The first-order valence-electron chi connectivity index (χ1n) is 7.38. The number of nitrogens with zero attached hydrogens (tertiary/aromatic N) is 3. The van der Waals surface area contributed by atoms with Gasteiger partial charge in [0.1, 0.15) is 10.6 Å². The molecule has 0 atom stereocenters. The summed E-state index contributed by atoms with van der Waals surface area (Å²) in [5.74, 6) is 0.123. The molecule has 1 heterocycles. The van der Waals surface area contributed by atoms with Gasteiger partial charge in [0.25, 0.3) is 5.56 Å². The second-order valence-corrected chi connectivity index (χ2v) is 6.65. The van der Waals surface area contributed by atoms with Gasteiger partial charge in [-0.3, -0.25) is 18.9 Å². The van der Waals surface area contributed by atoms with Gasteiger partial charge in [-0.1, -0.05) is 29.8 Å². The molecule has 0 saturated carbocycles. The van der Waals surface area contributed by atoms with Crippen LogP contribution in [-0.2, 0) is 19.8 Å². The van der Waals surface area contributed by atoms with Gasteiger partial charge in [0.05, 0.1) is 6.54 Å². The molecule has 0 unspecified atom stereocenters. The molecule has 0 aliphatic carbocycles. The Labute approximate surface area is 154 Å². The predicted octanol–water partition coefficient (Wildman–Crippen LogP) is 2.31. The van der Waals surface area contributed by atoms with Gasteiger partial charge in [-0.2, -0.15) is 0 Å². The van der Waals surface area contributed by atoms with Crippen LogP contribution in [-0.4, -0.2) is 25.8 Å². The second kappa shape index (κ2) is 8.22. The maximum atomic E-state index is 12.5. The summed E-state index contributed by atoms with van der Waals surface area (Å²) in [6.07, 6.45) is 1.59. The first kappa shape index (κ1) is 19.1. The van der Waals surface area contributed by atoms with Gasteiger partial charge in [0, 0.05) is 24.9 Å². The van der Waals surface area contributed by atoms with E-state index in [2.05, 4.69) is 11.6 Å². The van der Waals surface area contributed by atoms with Crippen molar-refractivity contribution in [3.05, 3.63) is 73.9 Å². The van der Waals surface area contributed by atoms with Crippen molar-refractivity contribution in [2.45, 2.75) is 5.75 Å². The molecule has 132 valence electrons. The Morgan fingerprint density at radius 3 is 2.52 bits per heavy atom. The van der Waals surface area contributed by atoms with Crippen LogP contribution >= 0.6 is 23.4 Å². The normalized spacial score (nSPS) is 11.6. The number of aromatic nitrogens is 2. The number of thioether (sulfide) groups is 1. The number of hydrogen-bond acceptors (Lipinski definition) is 5. The van der Waals surface area contributed by atoms with E-state index in [1.54, 1.807) is 18.2 Å². The molecule has 0 fully saturated rings. The molecule has 25 heavy (non-hydrogen) atoms. The minimum Gasteiger partial charge on any atom is -0.494 e. The van der Waals surface area contributed by atoms with Crippen LogP contribution in [0.4, 0.5) is 0 Å². The highest BCUT2D eigenvalue weighted by atomic mass is 35.5. The molecule has 1 aromatic heterocycles. The molecule has 1 aromatic carbocycles. The average Bonchev–Trinajstić information content (AvgIpc) is 2.61. The van der Waals surface area contributed by atoms with Crippen molar-refractivity contribution in [2.75, 3.05) is 6.54 Å². The third kappa shape index (κ3) is 4.24. The molecular formula is C17H18ClN3O3S. The summed E-state index contributed by atoms with van der Waals surface area (Å²) >= 11 is 7.17. The van der Waals surface area contributed by atoms with E-state index in [0.717, 1.165) is 14.7 Å². The fourth-order valence-electron chi connectivity index (χ4n) is 2.10. The number of halogens is 1. The zero-order valence-corrected chi connectivity index (χ0v) is 15.5. The summed E-state index contributed by atoms with van der Waals surface area (Å²) in [6.45, 7) is 3.90. The summed E-state index contributed by atoms with van der Waals surface area (Å²) in [4.78, 5) is 28.7. The highest BCUT2D eigenvalue weighted by molar-refractivity contribution is 8.13. The monoisotopic (exact) mass is 379 g/mol. The Morgan fingerprint density at radius 2 is 1.92 bits per heavy atom. The lowest BCUT2D eigenvalue weighted by Crippen LogP contribution is -2.39. The Bertz CT molecular complexity index is 930. The SMILES string of the molecule is C=CCN=C(SCc1ccc(Cl)cc1)c1c(O)n(C)c(=O)n(C)c1=O. The predicted molar refractivity (Wildman–Crippen MR) is 103 cm³/mol. The summed E-state index contributed by atoms with van der Waals surface area (Å²) in [5, 5.41) is 11.3. The first-order valence-corrected chi connectivity index (χ1v) is 8.75. The van der Waals surface area contributed by atoms with Crippen molar-refractivity contribution in [3.63, 3.8) is 0 Å². The molecule has 0 bridgehead atoms. The van der Waals surface area contributed by atoms with Crippen LogP contribution < -0.4 is 11.2 Å². The lowest BCUT2D eigenvalue weighted by Gasteiger charge is -2.12. The molecule has 0 spiro atoms. The van der Waals surface area contributed by atoms with Gasteiger partial charge >= 0.3 is 5.69 Å². The third-order valence-corrected chi connectivity index (χ3v) is 4.84. The number of aromatic hydroxyl groups is 1. The standard InChI is InChI=1S/C17H18ClN3O3S/c1-4-9-19-14(25-10-11-5-7-12(18)8-6-11)13-15(22)20(2)17(24)21(3)16(13)23/h4-8,22H,1,9-10H2,2-3H3. The molecule has 8 heteroatoms. The lowest BCUT2D eigenvalue weighted by atomic mass is 10.2.